The van der Waals surface area contributed by atoms with Crippen LogP contribution in [-0.2, 0) is 6.61 Å². The average molecular weight is 254 g/mol. The summed E-state index contributed by atoms with van der Waals surface area (Å²) in [5.74, 6) is 0.472. The molecule has 1 heterocycles. The molecule has 0 aliphatic heterocycles. The van der Waals surface area contributed by atoms with Crippen LogP contribution in [0.1, 0.15) is 5.76 Å². The van der Waals surface area contributed by atoms with Crippen LogP contribution in [0.4, 0.5) is 0 Å². The normalized spacial score (nSPS) is 10.4. The molecule has 14 heavy (non-hydrogen) atoms. The molecule has 2 aromatic rings. The van der Waals surface area contributed by atoms with E-state index in [-0.39, 0.29) is 6.61 Å². The molecule has 0 saturated carbocycles. The molecule has 4 heteroatoms. The highest BCUT2D eigenvalue weighted by atomic mass is 79.9. The molecule has 72 valence electrons. The summed E-state index contributed by atoms with van der Waals surface area (Å²) in [6, 6.07) is 9.47. The molecule has 1 aromatic heterocycles. The lowest BCUT2D eigenvalue weighted by molar-refractivity contribution is 0.229. The Kier molecular flexibility index (Phi) is 2.65. The predicted octanol–water partition coefficient (Wildman–Crippen LogP) is 2.60. The number of aliphatic hydroxyl groups excluding tert-OH is 1. The van der Waals surface area contributed by atoms with Gasteiger partial charge in [0.2, 0.25) is 0 Å². The maximum Gasteiger partial charge on any atom is 0.162 e. The molecule has 0 bridgehead atoms. The summed E-state index contributed by atoms with van der Waals surface area (Å²) in [5.41, 5.74) is 1.69. The minimum absolute atomic E-state index is 0.124. The van der Waals surface area contributed by atoms with E-state index in [1.54, 1.807) is 6.07 Å². The van der Waals surface area contributed by atoms with E-state index < -0.39 is 0 Å². The van der Waals surface area contributed by atoms with Crippen LogP contribution in [0.15, 0.2) is 39.3 Å². The van der Waals surface area contributed by atoms with Gasteiger partial charge in [-0.25, -0.2) is 0 Å². The van der Waals surface area contributed by atoms with Gasteiger partial charge in [0, 0.05) is 16.1 Å². The first-order valence-corrected chi connectivity index (χ1v) is 4.91. The highest BCUT2D eigenvalue weighted by molar-refractivity contribution is 9.10. The molecule has 0 unspecified atom stereocenters. The van der Waals surface area contributed by atoms with Crippen LogP contribution < -0.4 is 0 Å². The highest BCUT2D eigenvalue weighted by Crippen LogP contribution is 2.22. The molecule has 0 spiro atoms. The van der Waals surface area contributed by atoms with Crippen molar-refractivity contribution in [2.24, 2.45) is 0 Å². The zero-order valence-electron chi connectivity index (χ0n) is 7.27. The predicted molar refractivity (Wildman–Crippen MR) is 55.6 cm³/mol. The average Bonchev–Trinajstić information content (AvgIpc) is 2.66. The fourth-order valence-electron chi connectivity index (χ4n) is 1.17. The van der Waals surface area contributed by atoms with Gasteiger partial charge in [-0.05, 0) is 12.1 Å². The summed E-state index contributed by atoms with van der Waals surface area (Å²) >= 11 is 3.38. The number of aliphatic hydroxyl groups is 1. The number of halogens is 1. The van der Waals surface area contributed by atoms with Crippen molar-refractivity contribution in [1.29, 1.82) is 0 Å². The molecule has 0 fully saturated rings. The third-order valence-electron chi connectivity index (χ3n) is 1.84. The Balaban J connectivity index is 2.39. The molecule has 0 aliphatic carbocycles. The summed E-state index contributed by atoms with van der Waals surface area (Å²) in [6.45, 7) is -0.124. The van der Waals surface area contributed by atoms with Crippen LogP contribution >= 0.6 is 15.9 Å². The van der Waals surface area contributed by atoms with Crippen LogP contribution in [0.5, 0.6) is 0 Å². The van der Waals surface area contributed by atoms with Gasteiger partial charge in [-0.15, -0.1) is 0 Å². The Morgan fingerprint density at radius 3 is 2.86 bits per heavy atom. The summed E-state index contributed by atoms with van der Waals surface area (Å²) < 4.78 is 5.88. The smallest absolute Gasteiger partial charge is 0.162 e. The molecule has 2 rings (SSSR count). The lowest BCUT2D eigenvalue weighted by Gasteiger charge is -1.94. The second kappa shape index (κ2) is 3.94. The Labute approximate surface area is 89.5 Å². The van der Waals surface area contributed by atoms with Crippen molar-refractivity contribution in [1.82, 2.24) is 5.16 Å². The Hall–Kier alpha value is -1.13. The van der Waals surface area contributed by atoms with Crippen LogP contribution in [0, 0.1) is 0 Å². The van der Waals surface area contributed by atoms with E-state index in [0.29, 0.717) is 5.76 Å². The number of hydrogen-bond acceptors (Lipinski definition) is 3. The molecule has 1 N–H and O–H groups in total. The molecule has 1 aromatic carbocycles. The molecule has 0 radical (unpaired) electrons. The van der Waals surface area contributed by atoms with Crippen molar-refractivity contribution in [3.8, 4) is 11.3 Å². The third-order valence-corrected chi connectivity index (χ3v) is 2.33. The lowest BCUT2D eigenvalue weighted by Crippen LogP contribution is -1.76. The monoisotopic (exact) mass is 253 g/mol. The molecule has 0 amide bonds. The quantitative estimate of drug-likeness (QED) is 0.895. The van der Waals surface area contributed by atoms with Gasteiger partial charge in [0.1, 0.15) is 12.3 Å². The molecule has 3 nitrogen and oxygen atoms in total. The minimum atomic E-state index is -0.124. The first-order chi connectivity index (χ1) is 6.79. The highest BCUT2D eigenvalue weighted by Gasteiger charge is 2.05. The summed E-state index contributed by atoms with van der Waals surface area (Å²) in [4.78, 5) is 0. The third kappa shape index (κ3) is 1.86. The van der Waals surface area contributed by atoms with E-state index in [0.717, 1.165) is 15.7 Å². The SMILES string of the molecule is OCc1cc(-c2cccc(Br)c2)no1. The molecule has 0 atom stereocenters. The number of hydrogen-bond donors (Lipinski definition) is 1. The van der Waals surface area contributed by atoms with Gasteiger partial charge in [0.05, 0.1) is 0 Å². The topological polar surface area (TPSA) is 46.3 Å². The van der Waals surface area contributed by atoms with Gasteiger partial charge in [-0.2, -0.15) is 0 Å². The fraction of sp³-hybridized carbons (Fsp3) is 0.100. The van der Waals surface area contributed by atoms with Crippen molar-refractivity contribution in [2.45, 2.75) is 6.61 Å². The van der Waals surface area contributed by atoms with Gasteiger partial charge >= 0.3 is 0 Å². The summed E-state index contributed by atoms with van der Waals surface area (Å²) in [6.07, 6.45) is 0. The van der Waals surface area contributed by atoms with Gasteiger partial charge in [0.15, 0.2) is 5.76 Å². The maximum atomic E-state index is 8.81. The van der Waals surface area contributed by atoms with Crippen LogP contribution in [0.3, 0.4) is 0 Å². The largest absolute Gasteiger partial charge is 0.388 e. The summed E-state index contributed by atoms with van der Waals surface area (Å²) in [5, 5.41) is 12.7. The fourth-order valence-corrected chi connectivity index (χ4v) is 1.57. The molecular formula is C10H8BrNO2. The van der Waals surface area contributed by atoms with Gasteiger partial charge in [0.25, 0.3) is 0 Å². The first-order valence-electron chi connectivity index (χ1n) is 4.12. The van der Waals surface area contributed by atoms with Gasteiger partial charge in [-0.1, -0.05) is 33.2 Å². The Bertz CT molecular complexity index is 439. The Morgan fingerprint density at radius 2 is 2.21 bits per heavy atom. The number of nitrogens with zero attached hydrogens (tertiary/aromatic N) is 1. The maximum absolute atomic E-state index is 8.81. The number of aromatic nitrogens is 1. The second-order valence-corrected chi connectivity index (χ2v) is 3.76. The van der Waals surface area contributed by atoms with E-state index in [1.807, 2.05) is 24.3 Å². The minimum Gasteiger partial charge on any atom is -0.388 e. The van der Waals surface area contributed by atoms with E-state index in [9.17, 15) is 0 Å². The van der Waals surface area contributed by atoms with E-state index in [4.69, 9.17) is 9.63 Å². The van der Waals surface area contributed by atoms with Crippen molar-refractivity contribution in [3.63, 3.8) is 0 Å². The number of benzene rings is 1. The van der Waals surface area contributed by atoms with E-state index in [1.165, 1.54) is 0 Å². The zero-order chi connectivity index (χ0) is 9.97. The van der Waals surface area contributed by atoms with E-state index in [2.05, 4.69) is 21.1 Å². The van der Waals surface area contributed by atoms with Crippen molar-refractivity contribution in [3.05, 3.63) is 40.6 Å². The van der Waals surface area contributed by atoms with Gasteiger partial charge in [-0.3, -0.25) is 0 Å². The van der Waals surface area contributed by atoms with Gasteiger partial charge < -0.3 is 9.63 Å². The van der Waals surface area contributed by atoms with Crippen molar-refractivity contribution in [2.75, 3.05) is 0 Å². The number of rotatable bonds is 2. The van der Waals surface area contributed by atoms with E-state index >= 15 is 0 Å². The van der Waals surface area contributed by atoms with Crippen LogP contribution in [0.2, 0.25) is 0 Å². The Morgan fingerprint density at radius 1 is 1.36 bits per heavy atom. The summed E-state index contributed by atoms with van der Waals surface area (Å²) in [7, 11) is 0. The standard InChI is InChI=1S/C10H8BrNO2/c11-8-3-1-2-7(4-8)10-5-9(6-13)14-12-10/h1-5,13H,6H2. The van der Waals surface area contributed by atoms with Crippen molar-refractivity contribution < 1.29 is 9.63 Å². The second-order valence-electron chi connectivity index (χ2n) is 2.85. The van der Waals surface area contributed by atoms with Crippen LogP contribution in [0.25, 0.3) is 11.3 Å². The van der Waals surface area contributed by atoms with Crippen LogP contribution in [-0.4, -0.2) is 10.3 Å². The molecular weight excluding hydrogens is 246 g/mol. The van der Waals surface area contributed by atoms with Crippen molar-refractivity contribution >= 4 is 15.9 Å². The zero-order valence-corrected chi connectivity index (χ0v) is 8.86. The first kappa shape index (κ1) is 9.43. The molecule has 0 aliphatic rings. The lowest BCUT2D eigenvalue weighted by atomic mass is 10.1. The molecule has 0 saturated heterocycles.